The topological polar surface area (TPSA) is 48.9 Å². The van der Waals surface area contributed by atoms with Crippen LogP contribution in [-0.4, -0.2) is 21.6 Å². The Balaban J connectivity index is 2.23. The molecule has 0 spiro atoms. The van der Waals surface area contributed by atoms with Crippen LogP contribution in [0.2, 0.25) is 0 Å². The fraction of sp³-hybridized carbons (Fsp3) is 0.200. The van der Waals surface area contributed by atoms with Crippen molar-refractivity contribution in [1.29, 1.82) is 0 Å². The first-order valence-electron chi connectivity index (χ1n) is 7.40. The van der Waals surface area contributed by atoms with Gasteiger partial charge in [-0.15, -0.1) is 0 Å². The Morgan fingerprint density at radius 1 is 1.17 bits per heavy atom. The van der Waals surface area contributed by atoms with E-state index in [-0.39, 0.29) is 11.2 Å². The quantitative estimate of drug-likeness (QED) is 0.586. The molecule has 1 aliphatic heterocycles. The maximum absolute atomic E-state index is 14.8. The molecule has 1 aromatic carbocycles. The van der Waals surface area contributed by atoms with Gasteiger partial charge in [0.15, 0.2) is 0 Å². The Morgan fingerprint density at radius 3 is 2.62 bits per heavy atom. The zero-order valence-corrected chi connectivity index (χ0v) is 14.2. The third-order valence-electron chi connectivity index (χ3n) is 4.45. The predicted octanol–water partition coefficient (Wildman–Crippen LogP) is 1.34. The van der Waals surface area contributed by atoms with Crippen molar-refractivity contribution in [2.24, 2.45) is 0 Å². The van der Waals surface area contributed by atoms with Gasteiger partial charge in [0.25, 0.3) is 5.56 Å². The van der Waals surface area contributed by atoms with E-state index in [4.69, 9.17) is 0 Å². The van der Waals surface area contributed by atoms with E-state index in [9.17, 15) is 18.4 Å². The Bertz CT molecular complexity index is 1130. The number of hydrogen-bond donors (Lipinski definition) is 0. The fourth-order valence-electron chi connectivity index (χ4n) is 3.39. The molecule has 9 heteroatoms. The molecular weight excluding hydrogens is 383 g/mol. The van der Waals surface area contributed by atoms with Gasteiger partial charge in [0.2, 0.25) is 13.8 Å². The van der Waals surface area contributed by atoms with E-state index < -0.39 is 22.9 Å². The minimum absolute atomic E-state index is 0.0879. The number of benzene rings is 1. The Labute approximate surface area is 143 Å². The number of pyridine rings is 1. The molecule has 24 heavy (non-hydrogen) atoms. The van der Waals surface area contributed by atoms with Gasteiger partial charge in [-0.2, -0.15) is 4.39 Å². The molecule has 5 nitrogen and oxygen atoms in total. The van der Waals surface area contributed by atoms with Crippen LogP contribution in [-0.2, 0) is 13.0 Å². The number of fused-ring (bicyclic) bond motifs is 3. The van der Waals surface area contributed by atoms with Crippen LogP contribution in [0.4, 0.5) is 8.78 Å². The second-order valence-corrected chi connectivity index (χ2v) is 6.71. The number of rotatable bonds is 1. The maximum atomic E-state index is 14.8. The Kier molecular flexibility index (Phi) is 3.31. The summed E-state index contributed by atoms with van der Waals surface area (Å²) in [6, 6.07) is 4.13. The summed E-state index contributed by atoms with van der Waals surface area (Å²) in [6.45, 7) is 0.424. The summed E-state index contributed by atoms with van der Waals surface area (Å²) in [7, 11) is 1.50. The molecule has 0 saturated carbocycles. The van der Waals surface area contributed by atoms with Crippen molar-refractivity contribution in [2.45, 2.75) is 19.4 Å². The zero-order valence-electron chi connectivity index (χ0n) is 12.6. The summed E-state index contributed by atoms with van der Waals surface area (Å²) in [4.78, 5) is 24.9. The van der Waals surface area contributed by atoms with Crippen molar-refractivity contribution >= 4 is 34.9 Å². The number of hydrogen-bond acceptors (Lipinski definition) is 2. The largest absolute Gasteiger partial charge is 0.343 e. The third kappa shape index (κ3) is 1.90. The van der Waals surface area contributed by atoms with Gasteiger partial charge in [0.1, 0.15) is 11.3 Å². The van der Waals surface area contributed by atoms with Crippen molar-refractivity contribution in [3.05, 3.63) is 60.8 Å². The van der Waals surface area contributed by atoms with Crippen molar-refractivity contribution in [3.8, 4) is 5.69 Å². The van der Waals surface area contributed by atoms with E-state index in [1.54, 1.807) is 6.07 Å². The molecule has 0 amide bonds. The zero-order chi connectivity index (χ0) is 17.2. The highest BCUT2D eigenvalue weighted by Crippen LogP contribution is 2.27. The van der Waals surface area contributed by atoms with Crippen LogP contribution in [0.3, 0.4) is 0 Å². The third-order valence-corrected chi connectivity index (χ3v) is 4.94. The highest BCUT2D eigenvalue weighted by Gasteiger charge is 2.27. The SMILES string of the molecule is Bn1c(=O)n(-c2ccc(Br)cc2F)c2c(F)c(=O)n3c(c21)CCC3. The summed E-state index contributed by atoms with van der Waals surface area (Å²) in [5, 5.41) is 0. The summed E-state index contributed by atoms with van der Waals surface area (Å²) in [6.07, 6.45) is 1.28. The molecule has 0 radical (unpaired) electrons. The number of aromatic nitrogens is 3. The van der Waals surface area contributed by atoms with Gasteiger partial charge < -0.3 is 9.05 Å². The molecule has 122 valence electrons. The normalized spacial score (nSPS) is 13.6. The number of nitrogens with zero attached hydrogens (tertiary/aromatic N) is 3. The van der Waals surface area contributed by atoms with E-state index in [2.05, 4.69) is 15.9 Å². The molecule has 4 rings (SSSR count). The van der Waals surface area contributed by atoms with Crippen molar-refractivity contribution in [3.63, 3.8) is 0 Å². The Morgan fingerprint density at radius 2 is 1.92 bits per heavy atom. The molecule has 3 aromatic rings. The van der Waals surface area contributed by atoms with E-state index in [1.807, 2.05) is 0 Å². The fourth-order valence-corrected chi connectivity index (χ4v) is 3.72. The van der Waals surface area contributed by atoms with Crippen molar-refractivity contribution in [1.82, 2.24) is 13.6 Å². The number of aryl methyl sites for hydroxylation is 1. The lowest BCUT2D eigenvalue weighted by Gasteiger charge is -2.09. The van der Waals surface area contributed by atoms with Gasteiger partial charge >= 0.3 is 5.69 Å². The molecule has 0 aliphatic carbocycles. The molecule has 0 saturated heterocycles. The first-order valence-corrected chi connectivity index (χ1v) is 8.19. The monoisotopic (exact) mass is 393 g/mol. The van der Waals surface area contributed by atoms with Crippen LogP contribution < -0.4 is 11.2 Å². The minimum atomic E-state index is -1.03. The lowest BCUT2D eigenvalue weighted by atomic mass is 10.2. The average molecular weight is 394 g/mol. The standard InChI is InChI=1S/C15H11BBrF2N3O2/c16-22-12-10-2-1-5-20(10)14(23)11(19)13(12)21(15(22)24)9-4-3-7(17)6-8(9)18/h3-4,6H,1-2,5,16H2. The minimum Gasteiger partial charge on any atom is -0.343 e. The highest BCUT2D eigenvalue weighted by atomic mass is 79.9. The molecule has 0 unspecified atom stereocenters. The van der Waals surface area contributed by atoms with Gasteiger partial charge in [-0.1, -0.05) is 15.9 Å². The summed E-state index contributed by atoms with van der Waals surface area (Å²) in [5.74, 6) is -1.71. The highest BCUT2D eigenvalue weighted by molar-refractivity contribution is 9.10. The lowest BCUT2D eigenvalue weighted by Crippen LogP contribution is -2.24. The van der Waals surface area contributed by atoms with Crippen LogP contribution in [0.15, 0.2) is 32.3 Å². The van der Waals surface area contributed by atoms with Crippen LogP contribution in [0, 0.1) is 11.6 Å². The maximum Gasteiger partial charge on any atom is 0.321 e. The average Bonchev–Trinajstić information content (AvgIpc) is 3.11. The molecule has 3 heterocycles. The molecule has 0 fully saturated rings. The second kappa shape index (κ2) is 5.17. The first kappa shape index (κ1) is 15.4. The van der Waals surface area contributed by atoms with E-state index >= 15 is 0 Å². The smallest absolute Gasteiger partial charge is 0.321 e. The van der Waals surface area contributed by atoms with E-state index in [0.29, 0.717) is 35.1 Å². The van der Waals surface area contributed by atoms with Crippen LogP contribution in [0.5, 0.6) is 0 Å². The number of halogens is 3. The van der Waals surface area contributed by atoms with Crippen molar-refractivity contribution in [2.75, 3.05) is 0 Å². The molecule has 0 N–H and O–H groups in total. The van der Waals surface area contributed by atoms with Gasteiger partial charge in [0.05, 0.1) is 11.2 Å². The van der Waals surface area contributed by atoms with Gasteiger partial charge in [-0.3, -0.25) is 9.36 Å². The van der Waals surface area contributed by atoms with E-state index in [1.165, 1.54) is 29.2 Å². The molecule has 2 aromatic heterocycles. The van der Waals surface area contributed by atoms with Crippen LogP contribution in [0.25, 0.3) is 16.7 Å². The predicted molar refractivity (Wildman–Crippen MR) is 91.7 cm³/mol. The lowest BCUT2D eigenvalue weighted by molar-refractivity contribution is 0.583. The van der Waals surface area contributed by atoms with Crippen LogP contribution >= 0.6 is 15.9 Å². The van der Waals surface area contributed by atoms with Crippen molar-refractivity contribution < 1.29 is 8.78 Å². The Hall–Kier alpha value is -2.16. The van der Waals surface area contributed by atoms with Gasteiger partial charge in [0, 0.05) is 16.7 Å². The van der Waals surface area contributed by atoms with Crippen LogP contribution in [0.1, 0.15) is 12.1 Å². The number of imidazole rings is 1. The molecule has 1 aliphatic rings. The van der Waals surface area contributed by atoms with E-state index in [0.717, 1.165) is 4.57 Å². The molecular formula is C15H11BBrF2N3O2. The summed E-state index contributed by atoms with van der Waals surface area (Å²) in [5.41, 5.74) is -0.654. The first-order chi connectivity index (χ1) is 11.4. The van der Waals surface area contributed by atoms with Gasteiger partial charge in [-0.25, -0.2) is 9.18 Å². The summed E-state index contributed by atoms with van der Waals surface area (Å²) < 4.78 is 33.2. The van der Waals surface area contributed by atoms with Gasteiger partial charge in [-0.05, 0) is 31.0 Å². The molecule has 0 atom stereocenters. The summed E-state index contributed by atoms with van der Waals surface area (Å²) >= 11 is 3.15. The molecule has 0 bridgehead atoms. The second-order valence-electron chi connectivity index (χ2n) is 5.79.